The first-order chi connectivity index (χ1) is 27.7. The molecule has 0 amide bonds. The van der Waals surface area contributed by atoms with Crippen LogP contribution in [0.15, 0.2) is 182 Å². The third-order valence-electron chi connectivity index (χ3n) is 10.1. The van der Waals surface area contributed by atoms with Crippen molar-refractivity contribution >= 4 is 0 Å². The van der Waals surface area contributed by atoms with Crippen LogP contribution in [-0.4, -0.2) is 0 Å². The molecule has 0 aromatic heterocycles. The summed E-state index contributed by atoms with van der Waals surface area (Å²) in [7, 11) is 0. The van der Waals surface area contributed by atoms with Crippen LogP contribution >= 0.6 is 0 Å². The summed E-state index contributed by atoms with van der Waals surface area (Å²) < 4.78 is 0. The molecule has 0 atom stereocenters. The van der Waals surface area contributed by atoms with Gasteiger partial charge in [-0.3, -0.25) is 0 Å². The van der Waals surface area contributed by atoms with Crippen molar-refractivity contribution in [2.45, 2.75) is 0 Å². The highest BCUT2D eigenvalue weighted by Gasteiger charge is 2.32. The van der Waals surface area contributed by atoms with Crippen LogP contribution in [0, 0.1) is 45.3 Å². The average molecular weight is 711 g/mol. The zero-order valence-electron chi connectivity index (χ0n) is 30.1. The van der Waals surface area contributed by atoms with Crippen LogP contribution in [0.25, 0.3) is 77.9 Å². The maximum absolute atomic E-state index is 10.7. The fourth-order valence-electron chi connectivity index (χ4n) is 7.66. The second-order valence-electron chi connectivity index (χ2n) is 13.2. The number of benzene rings is 8. The van der Waals surface area contributed by atoms with E-state index in [9.17, 15) is 21.0 Å². The third-order valence-corrected chi connectivity index (χ3v) is 10.1. The highest BCUT2D eigenvalue weighted by molar-refractivity contribution is 6.16. The lowest BCUT2D eigenvalue weighted by Gasteiger charge is -2.29. The second kappa shape index (κ2) is 15.4. The molecule has 0 bridgehead atoms. The molecule has 8 aromatic carbocycles. The van der Waals surface area contributed by atoms with Gasteiger partial charge in [-0.1, -0.05) is 158 Å². The molecular weight excluding hydrogens is 681 g/mol. The van der Waals surface area contributed by atoms with E-state index in [1.54, 1.807) is 18.2 Å². The number of nitriles is 4. The average Bonchev–Trinajstić information content (AvgIpc) is 3.28. The Labute approximate surface area is 326 Å². The van der Waals surface area contributed by atoms with Crippen molar-refractivity contribution in [2.24, 2.45) is 0 Å². The minimum absolute atomic E-state index is 0.427. The topological polar surface area (TPSA) is 95.2 Å². The van der Waals surface area contributed by atoms with Crippen molar-refractivity contribution < 1.29 is 0 Å². The molecule has 56 heavy (non-hydrogen) atoms. The van der Waals surface area contributed by atoms with E-state index in [4.69, 9.17) is 0 Å². The Balaban J connectivity index is 1.72. The summed E-state index contributed by atoms with van der Waals surface area (Å²) in [4.78, 5) is 0. The summed E-state index contributed by atoms with van der Waals surface area (Å²) in [6, 6.07) is 68.4. The summed E-state index contributed by atoms with van der Waals surface area (Å²) in [6.45, 7) is 0. The predicted octanol–water partition coefficient (Wildman–Crippen LogP) is 12.8. The maximum atomic E-state index is 10.7. The molecule has 8 rings (SSSR count). The van der Waals surface area contributed by atoms with E-state index in [2.05, 4.69) is 72.8 Å². The summed E-state index contributed by atoms with van der Waals surface area (Å²) in [6.07, 6.45) is 0. The SMILES string of the molecule is N#Cc1ccccc1-c1c(-c2ccccc2)c(-c2ccc(-c3ccccc3)cc2)c(-c2ccccc2C#N)c(-c2ccccc2C#N)c1-c1ccccc1C#N. The van der Waals surface area contributed by atoms with Gasteiger partial charge in [0.1, 0.15) is 0 Å². The Kier molecular flexibility index (Phi) is 9.55. The van der Waals surface area contributed by atoms with Gasteiger partial charge in [-0.05, 0) is 68.8 Å². The summed E-state index contributed by atoms with van der Waals surface area (Å²) in [5, 5.41) is 42.9. The molecule has 0 aliphatic carbocycles. The number of nitrogens with zero attached hydrogens (tertiary/aromatic N) is 4. The van der Waals surface area contributed by atoms with E-state index in [0.717, 1.165) is 44.5 Å². The standard InChI is InChI=1S/C52H30N4/c53-31-39-19-7-11-23-43(39)49-47(37-17-5-2-6-18-37)48(38-29-27-36(28-30-38)35-15-3-1-4-16-35)50(44-24-12-8-20-40(44)32-54)52(46-26-14-10-22-42(46)34-56)51(49)45-25-13-9-21-41(45)33-55/h1-30H. The van der Waals surface area contributed by atoms with Gasteiger partial charge >= 0.3 is 0 Å². The third kappa shape index (κ3) is 6.17. The monoisotopic (exact) mass is 710 g/mol. The lowest BCUT2D eigenvalue weighted by molar-refractivity contribution is 1.44. The number of rotatable bonds is 7. The molecule has 0 saturated heterocycles. The van der Waals surface area contributed by atoms with Gasteiger partial charge in [0.05, 0.1) is 46.5 Å². The maximum Gasteiger partial charge on any atom is 0.0998 e. The van der Waals surface area contributed by atoms with E-state index < -0.39 is 0 Å². The van der Waals surface area contributed by atoms with Gasteiger partial charge in [-0.15, -0.1) is 0 Å². The van der Waals surface area contributed by atoms with Crippen LogP contribution in [0.2, 0.25) is 0 Å². The fraction of sp³-hybridized carbons (Fsp3) is 0. The van der Waals surface area contributed by atoms with Gasteiger partial charge < -0.3 is 0 Å². The van der Waals surface area contributed by atoms with Gasteiger partial charge in [0.25, 0.3) is 0 Å². The first kappa shape index (κ1) is 34.8. The number of hydrogen-bond donors (Lipinski definition) is 0. The van der Waals surface area contributed by atoms with Crippen molar-refractivity contribution in [3.05, 3.63) is 204 Å². The zero-order chi connectivity index (χ0) is 38.4. The van der Waals surface area contributed by atoms with E-state index in [1.165, 1.54) is 0 Å². The zero-order valence-corrected chi connectivity index (χ0v) is 30.1. The Hall–Kier alpha value is -8.28. The molecule has 0 heterocycles. The van der Waals surface area contributed by atoms with Crippen LogP contribution in [0.5, 0.6) is 0 Å². The van der Waals surface area contributed by atoms with Crippen molar-refractivity contribution in [3.63, 3.8) is 0 Å². The minimum Gasteiger partial charge on any atom is -0.192 e. The predicted molar refractivity (Wildman–Crippen MR) is 223 cm³/mol. The summed E-state index contributed by atoms with van der Waals surface area (Å²) in [5.41, 5.74) is 12.7. The molecule has 0 N–H and O–H groups in total. The normalized spacial score (nSPS) is 10.4. The van der Waals surface area contributed by atoms with Crippen molar-refractivity contribution in [1.82, 2.24) is 0 Å². The molecule has 0 radical (unpaired) electrons. The number of hydrogen-bond acceptors (Lipinski definition) is 4. The molecule has 8 aromatic rings. The van der Waals surface area contributed by atoms with Crippen LogP contribution < -0.4 is 0 Å². The van der Waals surface area contributed by atoms with Gasteiger partial charge in [0.15, 0.2) is 0 Å². The first-order valence-electron chi connectivity index (χ1n) is 18.1. The van der Waals surface area contributed by atoms with Gasteiger partial charge in [-0.25, -0.2) is 0 Å². The molecule has 0 saturated carbocycles. The first-order valence-corrected chi connectivity index (χ1v) is 18.1. The highest BCUT2D eigenvalue weighted by Crippen LogP contribution is 2.57. The summed E-state index contributed by atoms with van der Waals surface area (Å²) in [5.74, 6) is 0. The highest BCUT2D eigenvalue weighted by atomic mass is 14.4. The van der Waals surface area contributed by atoms with Gasteiger partial charge in [0, 0.05) is 33.4 Å². The molecule has 0 aliphatic heterocycles. The Bertz CT molecular complexity index is 2930. The lowest BCUT2D eigenvalue weighted by atomic mass is 9.72. The second-order valence-corrected chi connectivity index (χ2v) is 13.2. The molecule has 0 unspecified atom stereocenters. The molecule has 0 spiro atoms. The van der Waals surface area contributed by atoms with Crippen LogP contribution in [0.3, 0.4) is 0 Å². The largest absolute Gasteiger partial charge is 0.192 e. The Morgan fingerprint density at radius 3 is 0.786 bits per heavy atom. The Morgan fingerprint density at radius 1 is 0.214 bits per heavy atom. The quantitative estimate of drug-likeness (QED) is 0.164. The van der Waals surface area contributed by atoms with E-state index >= 15 is 0 Å². The molecule has 258 valence electrons. The minimum atomic E-state index is 0.427. The molecule has 4 heteroatoms. The van der Waals surface area contributed by atoms with Crippen molar-refractivity contribution in [1.29, 1.82) is 21.0 Å². The van der Waals surface area contributed by atoms with Crippen LogP contribution in [0.4, 0.5) is 0 Å². The van der Waals surface area contributed by atoms with Crippen LogP contribution in [0.1, 0.15) is 22.3 Å². The van der Waals surface area contributed by atoms with E-state index in [1.807, 2.05) is 115 Å². The van der Waals surface area contributed by atoms with E-state index in [-0.39, 0.29) is 0 Å². The van der Waals surface area contributed by atoms with Crippen LogP contribution in [-0.2, 0) is 0 Å². The lowest BCUT2D eigenvalue weighted by Crippen LogP contribution is -2.05. The molecule has 0 fully saturated rings. The molecular formula is C52H30N4. The van der Waals surface area contributed by atoms with Gasteiger partial charge in [-0.2, -0.15) is 21.0 Å². The smallest absolute Gasteiger partial charge is 0.0998 e. The molecule has 4 nitrogen and oxygen atoms in total. The summed E-state index contributed by atoms with van der Waals surface area (Å²) >= 11 is 0. The molecule has 0 aliphatic rings. The Morgan fingerprint density at radius 2 is 0.446 bits per heavy atom. The van der Waals surface area contributed by atoms with E-state index in [0.29, 0.717) is 55.6 Å². The van der Waals surface area contributed by atoms with Gasteiger partial charge in [0.2, 0.25) is 0 Å². The van der Waals surface area contributed by atoms with Crippen molar-refractivity contribution in [2.75, 3.05) is 0 Å². The van der Waals surface area contributed by atoms with Crippen molar-refractivity contribution in [3.8, 4) is 102 Å². The fourth-order valence-corrected chi connectivity index (χ4v) is 7.66.